The fraction of sp³-hybridized carbons (Fsp3) is 1.00. The molecule has 1 saturated heterocycles. The van der Waals surface area contributed by atoms with Crippen LogP contribution in [0.1, 0.15) is 19.8 Å². The average molecular weight is 186 g/mol. The van der Waals surface area contributed by atoms with Gasteiger partial charge in [-0.25, -0.2) is 0 Å². The molecule has 1 atom stereocenters. The second kappa shape index (κ2) is 6.35. The van der Waals surface area contributed by atoms with E-state index in [-0.39, 0.29) is 0 Å². The third-order valence-electron chi connectivity index (χ3n) is 2.77. The minimum atomic E-state index is 0.781. The Kier molecular flexibility index (Phi) is 5.35. The summed E-state index contributed by atoms with van der Waals surface area (Å²) in [5, 5.41) is 0. The predicted molar refractivity (Wildman–Crippen MR) is 54.7 cm³/mol. The normalized spacial score (nSPS) is 21.7. The molecule has 0 aromatic heterocycles. The second-order valence-electron chi connectivity index (χ2n) is 3.76. The molecule has 1 rings (SSSR count). The molecule has 3 heteroatoms. The molecule has 2 N–H and O–H groups in total. The lowest BCUT2D eigenvalue weighted by Gasteiger charge is -2.29. The average Bonchev–Trinajstić information content (AvgIpc) is 2.19. The summed E-state index contributed by atoms with van der Waals surface area (Å²) in [5.74, 6) is 0.781. The van der Waals surface area contributed by atoms with Crippen molar-refractivity contribution in [3.63, 3.8) is 0 Å². The van der Waals surface area contributed by atoms with Gasteiger partial charge >= 0.3 is 0 Å². The Morgan fingerprint density at radius 1 is 1.38 bits per heavy atom. The van der Waals surface area contributed by atoms with Crippen LogP contribution in [0.25, 0.3) is 0 Å². The minimum Gasteiger partial charge on any atom is -0.379 e. The van der Waals surface area contributed by atoms with Crippen LogP contribution in [-0.2, 0) is 4.74 Å². The summed E-state index contributed by atoms with van der Waals surface area (Å²) in [7, 11) is 0. The molecule has 0 amide bonds. The van der Waals surface area contributed by atoms with E-state index in [9.17, 15) is 0 Å². The zero-order chi connectivity index (χ0) is 9.52. The van der Waals surface area contributed by atoms with Crippen molar-refractivity contribution in [3.05, 3.63) is 0 Å². The molecule has 1 unspecified atom stereocenters. The summed E-state index contributed by atoms with van der Waals surface area (Å²) in [6, 6.07) is 0. The van der Waals surface area contributed by atoms with Crippen molar-refractivity contribution in [1.82, 2.24) is 4.90 Å². The van der Waals surface area contributed by atoms with E-state index in [0.717, 1.165) is 45.2 Å². The maximum absolute atomic E-state index is 5.57. The molecule has 13 heavy (non-hydrogen) atoms. The lowest BCUT2D eigenvalue weighted by atomic mass is 10.0. The van der Waals surface area contributed by atoms with Gasteiger partial charge in [0.05, 0.1) is 13.2 Å². The van der Waals surface area contributed by atoms with Gasteiger partial charge in [0, 0.05) is 19.6 Å². The zero-order valence-electron chi connectivity index (χ0n) is 8.67. The Bertz CT molecular complexity index is 121. The van der Waals surface area contributed by atoms with E-state index in [0.29, 0.717) is 0 Å². The number of rotatable bonds is 5. The van der Waals surface area contributed by atoms with E-state index >= 15 is 0 Å². The quantitative estimate of drug-likeness (QED) is 0.686. The van der Waals surface area contributed by atoms with Crippen molar-refractivity contribution in [2.75, 3.05) is 39.4 Å². The fourth-order valence-electron chi connectivity index (χ4n) is 1.81. The van der Waals surface area contributed by atoms with E-state index in [1.54, 1.807) is 0 Å². The summed E-state index contributed by atoms with van der Waals surface area (Å²) < 4.78 is 5.31. The van der Waals surface area contributed by atoms with Crippen LogP contribution in [0.4, 0.5) is 0 Å². The van der Waals surface area contributed by atoms with E-state index in [1.807, 2.05) is 0 Å². The van der Waals surface area contributed by atoms with Crippen LogP contribution in [0.3, 0.4) is 0 Å². The standard InChI is InChI=1S/C10H22N2O/c1-2-10(3-4-11)9-12-5-7-13-8-6-12/h10H,2-9,11H2,1H3. The molecule has 0 spiro atoms. The number of ether oxygens (including phenoxy) is 1. The first kappa shape index (κ1) is 11.0. The van der Waals surface area contributed by atoms with Crippen molar-refractivity contribution in [2.24, 2.45) is 11.7 Å². The molecule has 78 valence electrons. The van der Waals surface area contributed by atoms with Crippen LogP contribution < -0.4 is 5.73 Å². The number of hydrogen-bond acceptors (Lipinski definition) is 3. The molecule has 3 nitrogen and oxygen atoms in total. The molecule has 0 radical (unpaired) electrons. The second-order valence-corrected chi connectivity index (χ2v) is 3.76. The van der Waals surface area contributed by atoms with Gasteiger partial charge in [-0.15, -0.1) is 0 Å². The molecule has 1 aliphatic rings. The Morgan fingerprint density at radius 2 is 2.08 bits per heavy atom. The van der Waals surface area contributed by atoms with Crippen molar-refractivity contribution >= 4 is 0 Å². The van der Waals surface area contributed by atoms with Crippen molar-refractivity contribution in [1.29, 1.82) is 0 Å². The Labute approximate surface area is 81.2 Å². The summed E-state index contributed by atoms with van der Waals surface area (Å²) in [6.07, 6.45) is 2.41. The first-order valence-corrected chi connectivity index (χ1v) is 5.37. The molecule has 1 fully saturated rings. The van der Waals surface area contributed by atoms with E-state index in [1.165, 1.54) is 13.0 Å². The number of nitrogens with two attached hydrogens (primary N) is 1. The topological polar surface area (TPSA) is 38.5 Å². The molecule has 1 aliphatic heterocycles. The molecular formula is C10H22N2O. The van der Waals surface area contributed by atoms with Gasteiger partial charge in [-0.2, -0.15) is 0 Å². The number of hydrogen-bond donors (Lipinski definition) is 1. The molecule has 0 saturated carbocycles. The lowest BCUT2D eigenvalue weighted by Crippen LogP contribution is -2.39. The smallest absolute Gasteiger partial charge is 0.0594 e. The highest BCUT2D eigenvalue weighted by atomic mass is 16.5. The highest BCUT2D eigenvalue weighted by Crippen LogP contribution is 2.10. The summed E-state index contributed by atoms with van der Waals surface area (Å²) in [5.41, 5.74) is 5.57. The minimum absolute atomic E-state index is 0.781. The number of nitrogens with zero attached hydrogens (tertiary/aromatic N) is 1. The highest BCUT2D eigenvalue weighted by molar-refractivity contribution is 4.67. The Hall–Kier alpha value is -0.120. The van der Waals surface area contributed by atoms with Gasteiger partial charge in [0.2, 0.25) is 0 Å². The van der Waals surface area contributed by atoms with E-state index in [4.69, 9.17) is 10.5 Å². The van der Waals surface area contributed by atoms with Gasteiger partial charge in [0.1, 0.15) is 0 Å². The van der Waals surface area contributed by atoms with Gasteiger partial charge in [-0.3, -0.25) is 4.90 Å². The summed E-state index contributed by atoms with van der Waals surface area (Å²) in [4.78, 5) is 2.49. The van der Waals surface area contributed by atoms with E-state index < -0.39 is 0 Å². The van der Waals surface area contributed by atoms with Crippen LogP contribution >= 0.6 is 0 Å². The molecule has 0 aromatic rings. The van der Waals surface area contributed by atoms with Gasteiger partial charge < -0.3 is 10.5 Å². The molecule has 0 aromatic carbocycles. The highest BCUT2D eigenvalue weighted by Gasteiger charge is 2.14. The third-order valence-corrected chi connectivity index (χ3v) is 2.77. The molecule has 0 bridgehead atoms. The Morgan fingerprint density at radius 3 is 2.62 bits per heavy atom. The lowest BCUT2D eigenvalue weighted by molar-refractivity contribution is 0.0299. The van der Waals surface area contributed by atoms with Crippen LogP contribution in [0.2, 0.25) is 0 Å². The first-order chi connectivity index (χ1) is 6.36. The van der Waals surface area contributed by atoms with Gasteiger partial charge in [0.15, 0.2) is 0 Å². The first-order valence-electron chi connectivity index (χ1n) is 5.37. The molecular weight excluding hydrogens is 164 g/mol. The number of morpholine rings is 1. The van der Waals surface area contributed by atoms with Crippen LogP contribution in [0.5, 0.6) is 0 Å². The van der Waals surface area contributed by atoms with Crippen molar-refractivity contribution < 1.29 is 4.74 Å². The molecule has 1 heterocycles. The zero-order valence-corrected chi connectivity index (χ0v) is 8.67. The monoisotopic (exact) mass is 186 g/mol. The molecule has 0 aliphatic carbocycles. The summed E-state index contributed by atoms with van der Waals surface area (Å²) in [6.45, 7) is 8.28. The maximum Gasteiger partial charge on any atom is 0.0594 e. The van der Waals surface area contributed by atoms with E-state index in [2.05, 4.69) is 11.8 Å². The van der Waals surface area contributed by atoms with Crippen LogP contribution in [-0.4, -0.2) is 44.3 Å². The summed E-state index contributed by atoms with van der Waals surface area (Å²) >= 11 is 0. The predicted octanol–water partition coefficient (Wildman–Crippen LogP) is 0.694. The van der Waals surface area contributed by atoms with Crippen LogP contribution in [0.15, 0.2) is 0 Å². The van der Waals surface area contributed by atoms with Gasteiger partial charge in [0.25, 0.3) is 0 Å². The largest absolute Gasteiger partial charge is 0.379 e. The van der Waals surface area contributed by atoms with Crippen molar-refractivity contribution in [2.45, 2.75) is 19.8 Å². The van der Waals surface area contributed by atoms with Gasteiger partial charge in [-0.05, 0) is 18.9 Å². The maximum atomic E-state index is 5.57. The van der Waals surface area contributed by atoms with Crippen LogP contribution in [0, 0.1) is 5.92 Å². The SMILES string of the molecule is CCC(CCN)CN1CCOCC1. The fourth-order valence-corrected chi connectivity index (χ4v) is 1.81. The van der Waals surface area contributed by atoms with Gasteiger partial charge in [-0.1, -0.05) is 13.3 Å². The Balaban J connectivity index is 2.18. The third kappa shape index (κ3) is 4.07. The van der Waals surface area contributed by atoms with Crippen molar-refractivity contribution in [3.8, 4) is 0 Å².